The number of nitrogens with one attached hydrogen (secondary N) is 1. The summed E-state index contributed by atoms with van der Waals surface area (Å²) in [4.78, 5) is 32.6. The summed E-state index contributed by atoms with van der Waals surface area (Å²) < 4.78 is 10.7. The fourth-order valence-electron chi connectivity index (χ4n) is 3.53. The van der Waals surface area contributed by atoms with E-state index in [0.717, 1.165) is 16.3 Å². The van der Waals surface area contributed by atoms with E-state index in [9.17, 15) is 9.59 Å². The van der Waals surface area contributed by atoms with Crippen LogP contribution in [0, 0.1) is 6.92 Å². The molecule has 0 saturated carbocycles. The largest absolute Gasteiger partial charge is 0.457 e. The molecular weight excluding hydrogens is 440 g/mol. The highest BCUT2D eigenvalue weighted by Crippen LogP contribution is 2.30. The Morgan fingerprint density at radius 1 is 1.09 bits per heavy atom. The minimum absolute atomic E-state index is 0.0519. The van der Waals surface area contributed by atoms with Crippen molar-refractivity contribution >= 4 is 28.3 Å². The van der Waals surface area contributed by atoms with Crippen molar-refractivity contribution in [2.75, 3.05) is 11.9 Å². The molecule has 8 nitrogen and oxygen atoms in total. The average molecular weight is 461 g/mol. The Bertz CT molecular complexity index is 1300. The molecular formula is C24H20N4O4S. The van der Waals surface area contributed by atoms with Gasteiger partial charge < -0.3 is 14.2 Å². The van der Waals surface area contributed by atoms with E-state index in [2.05, 4.69) is 15.5 Å². The van der Waals surface area contributed by atoms with Crippen molar-refractivity contribution in [3.63, 3.8) is 0 Å². The summed E-state index contributed by atoms with van der Waals surface area (Å²) in [5.41, 5.74) is 1.71. The van der Waals surface area contributed by atoms with E-state index < -0.39 is 0 Å². The molecule has 0 radical (unpaired) electrons. The van der Waals surface area contributed by atoms with Crippen molar-refractivity contribution in [2.45, 2.75) is 19.9 Å². The molecule has 0 bridgehead atoms. The van der Waals surface area contributed by atoms with Gasteiger partial charge in [-0.25, -0.2) is 4.98 Å². The lowest BCUT2D eigenvalue weighted by Crippen LogP contribution is -2.35. The van der Waals surface area contributed by atoms with Gasteiger partial charge in [0.25, 0.3) is 11.8 Å². The van der Waals surface area contributed by atoms with Gasteiger partial charge in [-0.2, -0.15) is 0 Å². The van der Waals surface area contributed by atoms with Gasteiger partial charge in [0.05, 0.1) is 12.2 Å². The van der Waals surface area contributed by atoms with Gasteiger partial charge in [-0.05, 0) is 43.3 Å². The van der Waals surface area contributed by atoms with Crippen molar-refractivity contribution in [2.24, 2.45) is 0 Å². The first-order valence-electron chi connectivity index (χ1n) is 10.4. The number of rotatable bonds is 5. The molecule has 0 aliphatic carbocycles. The highest BCUT2D eigenvalue weighted by atomic mass is 32.1. The van der Waals surface area contributed by atoms with Gasteiger partial charge >= 0.3 is 0 Å². The zero-order valence-corrected chi connectivity index (χ0v) is 18.6. The van der Waals surface area contributed by atoms with Gasteiger partial charge in [-0.15, -0.1) is 0 Å². The maximum Gasteiger partial charge on any atom is 0.279 e. The van der Waals surface area contributed by atoms with Crippen LogP contribution in [0.25, 0.3) is 0 Å². The molecule has 33 heavy (non-hydrogen) atoms. The lowest BCUT2D eigenvalue weighted by molar-refractivity contribution is 0.0736. The van der Waals surface area contributed by atoms with Gasteiger partial charge in [-0.3, -0.25) is 14.9 Å². The molecule has 1 aliphatic rings. The van der Waals surface area contributed by atoms with Crippen LogP contribution in [0.1, 0.15) is 37.2 Å². The molecule has 0 spiro atoms. The number of amides is 2. The molecule has 2 amide bonds. The number of nitrogens with zero attached hydrogens (tertiary/aromatic N) is 3. The topological polar surface area (TPSA) is 97.6 Å². The molecule has 3 heterocycles. The number of carbonyl (C=O) groups excluding carboxylic acids is 2. The van der Waals surface area contributed by atoms with Crippen molar-refractivity contribution in [3.05, 3.63) is 88.3 Å². The first-order chi connectivity index (χ1) is 16.0. The summed E-state index contributed by atoms with van der Waals surface area (Å²) in [6.45, 7) is 2.74. The van der Waals surface area contributed by atoms with Crippen LogP contribution in [0.2, 0.25) is 0 Å². The van der Waals surface area contributed by atoms with Gasteiger partial charge in [0.15, 0.2) is 10.8 Å². The van der Waals surface area contributed by atoms with E-state index in [1.165, 1.54) is 11.3 Å². The van der Waals surface area contributed by atoms with E-state index in [0.29, 0.717) is 41.7 Å². The van der Waals surface area contributed by atoms with Crippen molar-refractivity contribution in [3.8, 4) is 11.5 Å². The molecule has 0 saturated heterocycles. The van der Waals surface area contributed by atoms with Crippen LogP contribution in [0.15, 0.2) is 65.2 Å². The summed E-state index contributed by atoms with van der Waals surface area (Å²) in [7, 11) is 0. The third-order valence-electron chi connectivity index (χ3n) is 5.18. The molecule has 2 aromatic heterocycles. The lowest BCUT2D eigenvalue weighted by Gasteiger charge is -2.26. The predicted molar refractivity (Wildman–Crippen MR) is 123 cm³/mol. The summed E-state index contributed by atoms with van der Waals surface area (Å²) in [6.07, 6.45) is 0.631. The monoisotopic (exact) mass is 460 g/mol. The van der Waals surface area contributed by atoms with Gasteiger partial charge in [0.2, 0.25) is 0 Å². The third-order valence-corrected chi connectivity index (χ3v) is 6.18. The maximum absolute atomic E-state index is 13.0. The molecule has 9 heteroatoms. The first-order valence-corrected chi connectivity index (χ1v) is 11.2. The molecule has 0 unspecified atom stereocenters. The lowest BCUT2D eigenvalue weighted by atomic mass is 10.1. The number of fused-ring (bicyclic) bond motifs is 1. The number of carbonyl (C=O) groups is 2. The molecule has 166 valence electrons. The van der Waals surface area contributed by atoms with E-state index in [1.54, 1.807) is 42.2 Å². The molecule has 1 aliphatic heterocycles. The van der Waals surface area contributed by atoms with Crippen LogP contribution in [0.5, 0.6) is 11.5 Å². The number of thiazole rings is 1. The minimum Gasteiger partial charge on any atom is -0.457 e. The number of benzene rings is 2. The summed E-state index contributed by atoms with van der Waals surface area (Å²) >= 11 is 1.37. The Hall–Kier alpha value is -3.98. The fourth-order valence-corrected chi connectivity index (χ4v) is 4.55. The predicted octanol–water partition coefficient (Wildman–Crippen LogP) is 4.68. The summed E-state index contributed by atoms with van der Waals surface area (Å²) in [5, 5.41) is 6.97. The molecule has 0 atom stereocenters. The van der Waals surface area contributed by atoms with Gasteiger partial charge in [-0.1, -0.05) is 34.7 Å². The third kappa shape index (κ3) is 4.63. The summed E-state index contributed by atoms with van der Waals surface area (Å²) in [6, 6.07) is 18.2. The number of hydrogen-bond acceptors (Lipinski definition) is 7. The molecule has 1 N–H and O–H groups in total. The molecule has 4 aromatic rings. The maximum atomic E-state index is 13.0. The van der Waals surface area contributed by atoms with Crippen LogP contribution in [-0.4, -0.2) is 33.4 Å². The Morgan fingerprint density at radius 2 is 1.85 bits per heavy atom. The number of hydrogen-bond donors (Lipinski definition) is 1. The number of aromatic nitrogens is 2. The average Bonchev–Trinajstić information content (AvgIpc) is 3.45. The first kappa shape index (κ1) is 20.9. The van der Waals surface area contributed by atoms with E-state index in [-0.39, 0.29) is 17.5 Å². The van der Waals surface area contributed by atoms with Gasteiger partial charge in [0, 0.05) is 29.5 Å². The van der Waals surface area contributed by atoms with Crippen molar-refractivity contribution < 1.29 is 18.8 Å². The SMILES string of the molecule is Cc1cc(C(=O)Nc2nc3c(s2)CN(C(=O)c2ccc(Oc4ccccc4)cc2)CC3)no1. The van der Waals surface area contributed by atoms with E-state index in [1.807, 2.05) is 30.3 Å². The Kier molecular flexibility index (Phi) is 5.62. The normalized spacial score (nSPS) is 12.8. The molecule has 5 rings (SSSR count). The minimum atomic E-state index is -0.372. The fraction of sp³-hybridized carbons (Fsp3) is 0.167. The Balaban J connectivity index is 1.23. The van der Waals surface area contributed by atoms with Crippen molar-refractivity contribution in [1.29, 1.82) is 0 Å². The number of aryl methyl sites for hydroxylation is 1. The van der Waals surface area contributed by atoms with Crippen LogP contribution < -0.4 is 10.1 Å². The van der Waals surface area contributed by atoms with Crippen LogP contribution in [0.4, 0.5) is 5.13 Å². The Morgan fingerprint density at radius 3 is 2.58 bits per heavy atom. The van der Waals surface area contributed by atoms with Crippen LogP contribution in [-0.2, 0) is 13.0 Å². The second-order valence-electron chi connectivity index (χ2n) is 7.58. The Labute approximate surface area is 193 Å². The van der Waals surface area contributed by atoms with E-state index >= 15 is 0 Å². The molecule has 0 fully saturated rings. The quantitative estimate of drug-likeness (QED) is 0.464. The van der Waals surface area contributed by atoms with Crippen LogP contribution in [0.3, 0.4) is 0 Å². The van der Waals surface area contributed by atoms with Crippen molar-refractivity contribution in [1.82, 2.24) is 15.0 Å². The highest BCUT2D eigenvalue weighted by molar-refractivity contribution is 7.15. The van der Waals surface area contributed by atoms with Crippen LogP contribution >= 0.6 is 11.3 Å². The zero-order valence-electron chi connectivity index (χ0n) is 17.8. The molecule has 2 aromatic carbocycles. The highest BCUT2D eigenvalue weighted by Gasteiger charge is 2.26. The smallest absolute Gasteiger partial charge is 0.279 e. The number of para-hydroxylation sites is 1. The zero-order chi connectivity index (χ0) is 22.8. The summed E-state index contributed by atoms with van der Waals surface area (Å²) in [5.74, 6) is 1.55. The number of ether oxygens (including phenoxy) is 1. The van der Waals surface area contributed by atoms with Gasteiger partial charge in [0.1, 0.15) is 17.3 Å². The standard InChI is InChI=1S/C24H20N4O4S/c1-15-13-20(27-32-15)22(29)26-24-25-19-11-12-28(14-21(19)33-24)23(30)16-7-9-18(10-8-16)31-17-5-3-2-4-6-17/h2-10,13H,11-12,14H2,1H3,(H,25,26,29). The second kappa shape index (κ2) is 8.87. The number of anilines is 1. The van der Waals surface area contributed by atoms with E-state index in [4.69, 9.17) is 9.26 Å². The second-order valence-corrected chi connectivity index (χ2v) is 8.67.